The second-order valence-electron chi connectivity index (χ2n) is 4.25. The second-order valence-corrected chi connectivity index (χ2v) is 5.20. The van der Waals surface area contributed by atoms with E-state index >= 15 is 0 Å². The first-order valence-electron chi connectivity index (χ1n) is 4.95. The number of thiophene rings is 1. The van der Waals surface area contributed by atoms with Gasteiger partial charge in [0, 0.05) is 4.88 Å². The summed E-state index contributed by atoms with van der Waals surface area (Å²) in [6.45, 7) is 1.94. The van der Waals surface area contributed by atoms with E-state index in [1.165, 1.54) is 19.3 Å². The van der Waals surface area contributed by atoms with Crippen LogP contribution in [0.4, 0.5) is 0 Å². The molecule has 0 spiro atoms. The molecular weight excluding hydrogens is 180 g/mol. The average molecular weight is 196 g/mol. The molecule has 1 nitrogen and oxygen atoms in total. The van der Waals surface area contributed by atoms with E-state index in [0.29, 0.717) is 0 Å². The fourth-order valence-corrected chi connectivity index (χ4v) is 2.74. The van der Waals surface area contributed by atoms with Crippen molar-refractivity contribution in [3.8, 4) is 0 Å². The number of aliphatic hydroxyl groups is 1. The zero-order valence-corrected chi connectivity index (χ0v) is 8.81. The quantitative estimate of drug-likeness (QED) is 0.787. The van der Waals surface area contributed by atoms with Gasteiger partial charge in [-0.05, 0) is 30.7 Å². The Morgan fingerprint density at radius 2 is 2.38 bits per heavy atom. The third-order valence-corrected chi connectivity index (χ3v) is 4.09. The smallest absolute Gasteiger partial charge is 0.0962 e. The van der Waals surface area contributed by atoms with Gasteiger partial charge in [0.1, 0.15) is 0 Å². The Bertz CT molecular complexity index is 260. The van der Waals surface area contributed by atoms with Gasteiger partial charge in [-0.15, -0.1) is 11.3 Å². The summed E-state index contributed by atoms with van der Waals surface area (Å²) in [6, 6.07) is 4.04. The lowest BCUT2D eigenvalue weighted by molar-refractivity contribution is 0.0194. The van der Waals surface area contributed by atoms with Gasteiger partial charge >= 0.3 is 0 Å². The summed E-state index contributed by atoms with van der Waals surface area (Å²) in [7, 11) is 0. The van der Waals surface area contributed by atoms with Crippen molar-refractivity contribution in [3.05, 3.63) is 22.4 Å². The van der Waals surface area contributed by atoms with Crippen LogP contribution in [0.25, 0.3) is 0 Å². The van der Waals surface area contributed by atoms with Crippen molar-refractivity contribution < 1.29 is 5.11 Å². The van der Waals surface area contributed by atoms with Gasteiger partial charge in [0.2, 0.25) is 0 Å². The van der Waals surface area contributed by atoms with Crippen LogP contribution in [0, 0.1) is 5.92 Å². The molecule has 0 bridgehead atoms. The van der Waals surface area contributed by atoms with Gasteiger partial charge in [-0.1, -0.05) is 25.3 Å². The minimum absolute atomic E-state index is 0.584. The molecule has 1 heterocycles. The average Bonchev–Trinajstić information content (AvgIpc) is 2.49. The Balaban J connectivity index is 2.02. The van der Waals surface area contributed by atoms with E-state index in [2.05, 4.69) is 0 Å². The topological polar surface area (TPSA) is 20.2 Å². The highest BCUT2D eigenvalue weighted by Crippen LogP contribution is 2.39. The first kappa shape index (κ1) is 9.22. The maximum absolute atomic E-state index is 10.2. The standard InChI is InChI=1S/C11H16OS/c1-11(12,8-9-4-2-5-9)10-6-3-7-13-10/h3,6-7,9,12H,2,4-5,8H2,1H3. The monoisotopic (exact) mass is 196 g/mol. The van der Waals surface area contributed by atoms with E-state index in [0.717, 1.165) is 17.2 Å². The molecule has 0 radical (unpaired) electrons. The number of hydrogen-bond donors (Lipinski definition) is 1. The van der Waals surface area contributed by atoms with Gasteiger partial charge in [0.05, 0.1) is 5.60 Å². The SMILES string of the molecule is CC(O)(CC1CCC1)c1cccs1. The molecule has 13 heavy (non-hydrogen) atoms. The van der Waals surface area contributed by atoms with Gasteiger partial charge in [-0.25, -0.2) is 0 Å². The van der Waals surface area contributed by atoms with Crippen molar-refractivity contribution in [1.29, 1.82) is 0 Å². The summed E-state index contributed by atoms with van der Waals surface area (Å²) in [5.74, 6) is 0.761. The predicted octanol–water partition coefficient (Wildman–Crippen LogP) is 3.15. The van der Waals surface area contributed by atoms with Crippen LogP contribution >= 0.6 is 11.3 Å². The van der Waals surface area contributed by atoms with Gasteiger partial charge in [-0.3, -0.25) is 0 Å². The van der Waals surface area contributed by atoms with Crippen LogP contribution in [-0.4, -0.2) is 5.11 Å². The van der Waals surface area contributed by atoms with E-state index in [9.17, 15) is 5.11 Å². The van der Waals surface area contributed by atoms with E-state index in [1.54, 1.807) is 11.3 Å². The van der Waals surface area contributed by atoms with Gasteiger partial charge < -0.3 is 5.11 Å². The first-order chi connectivity index (χ1) is 6.18. The summed E-state index contributed by atoms with van der Waals surface area (Å²) in [6.07, 6.45) is 4.90. The van der Waals surface area contributed by atoms with E-state index in [1.807, 2.05) is 24.4 Å². The third kappa shape index (κ3) is 1.94. The lowest BCUT2D eigenvalue weighted by atomic mass is 9.77. The summed E-state index contributed by atoms with van der Waals surface area (Å²) >= 11 is 1.66. The van der Waals surface area contributed by atoms with Gasteiger partial charge in [0.15, 0.2) is 0 Å². The molecule has 1 atom stereocenters. The molecule has 1 aromatic rings. The van der Waals surface area contributed by atoms with Crippen molar-refractivity contribution in [1.82, 2.24) is 0 Å². The second kappa shape index (κ2) is 3.43. The highest BCUT2D eigenvalue weighted by Gasteiger charge is 2.30. The third-order valence-electron chi connectivity index (χ3n) is 2.96. The minimum atomic E-state index is -0.584. The molecule has 1 N–H and O–H groups in total. The van der Waals surface area contributed by atoms with E-state index in [4.69, 9.17) is 0 Å². The molecule has 1 aromatic heterocycles. The maximum atomic E-state index is 10.2. The zero-order valence-electron chi connectivity index (χ0n) is 7.99. The number of hydrogen-bond acceptors (Lipinski definition) is 2. The molecule has 1 unspecified atom stereocenters. The predicted molar refractivity (Wildman–Crippen MR) is 55.8 cm³/mol. The van der Waals surface area contributed by atoms with Crippen molar-refractivity contribution >= 4 is 11.3 Å². The molecule has 0 aliphatic heterocycles. The Morgan fingerprint density at radius 1 is 1.62 bits per heavy atom. The van der Waals surface area contributed by atoms with Crippen molar-refractivity contribution in [2.75, 3.05) is 0 Å². The van der Waals surface area contributed by atoms with Crippen LogP contribution in [0.2, 0.25) is 0 Å². The Kier molecular flexibility index (Phi) is 2.43. The molecule has 0 amide bonds. The van der Waals surface area contributed by atoms with Gasteiger partial charge in [-0.2, -0.15) is 0 Å². The minimum Gasteiger partial charge on any atom is -0.385 e. The molecular formula is C11H16OS. The fraction of sp³-hybridized carbons (Fsp3) is 0.636. The molecule has 2 rings (SSSR count). The molecule has 0 aromatic carbocycles. The number of rotatable bonds is 3. The Morgan fingerprint density at radius 3 is 2.85 bits per heavy atom. The van der Waals surface area contributed by atoms with Crippen molar-refractivity contribution in [3.63, 3.8) is 0 Å². The molecule has 1 fully saturated rings. The van der Waals surface area contributed by atoms with Crippen LogP contribution in [0.1, 0.15) is 37.5 Å². The van der Waals surface area contributed by atoms with Crippen molar-refractivity contribution in [2.24, 2.45) is 5.92 Å². The zero-order chi connectivity index (χ0) is 9.31. The first-order valence-corrected chi connectivity index (χ1v) is 5.83. The molecule has 1 saturated carbocycles. The molecule has 72 valence electrons. The Labute approximate surface area is 83.4 Å². The van der Waals surface area contributed by atoms with Gasteiger partial charge in [0.25, 0.3) is 0 Å². The van der Waals surface area contributed by atoms with Crippen molar-refractivity contribution in [2.45, 2.75) is 38.2 Å². The largest absolute Gasteiger partial charge is 0.385 e. The highest BCUT2D eigenvalue weighted by molar-refractivity contribution is 7.10. The summed E-state index contributed by atoms with van der Waals surface area (Å²) < 4.78 is 0. The molecule has 0 saturated heterocycles. The van der Waals surface area contributed by atoms with Crippen LogP contribution in [0.3, 0.4) is 0 Å². The summed E-state index contributed by atoms with van der Waals surface area (Å²) in [4.78, 5) is 1.11. The lowest BCUT2D eigenvalue weighted by Gasteiger charge is -2.32. The van der Waals surface area contributed by atoms with E-state index < -0.39 is 5.60 Å². The molecule has 1 aliphatic rings. The molecule has 1 aliphatic carbocycles. The van der Waals surface area contributed by atoms with Crippen LogP contribution < -0.4 is 0 Å². The Hall–Kier alpha value is -0.340. The van der Waals surface area contributed by atoms with Crippen LogP contribution in [0.5, 0.6) is 0 Å². The van der Waals surface area contributed by atoms with Crippen LogP contribution in [-0.2, 0) is 5.60 Å². The normalized spacial score (nSPS) is 22.3. The maximum Gasteiger partial charge on any atom is 0.0962 e. The molecule has 2 heteroatoms. The summed E-state index contributed by atoms with van der Waals surface area (Å²) in [5, 5.41) is 12.3. The highest BCUT2D eigenvalue weighted by atomic mass is 32.1. The summed E-state index contributed by atoms with van der Waals surface area (Å²) in [5.41, 5.74) is -0.584. The lowest BCUT2D eigenvalue weighted by Crippen LogP contribution is -2.26. The van der Waals surface area contributed by atoms with E-state index in [-0.39, 0.29) is 0 Å². The van der Waals surface area contributed by atoms with Crippen LogP contribution in [0.15, 0.2) is 17.5 Å². The fourth-order valence-electron chi connectivity index (χ4n) is 1.94.